The zero-order chi connectivity index (χ0) is 13.2. The van der Waals surface area contributed by atoms with Gasteiger partial charge in [0.05, 0.1) is 35.6 Å². The summed E-state index contributed by atoms with van der Waals surface area (Å²) in [4.78, 5) is 0. The number of aromatic nitrogens is 2. The van der Waals surface area contributed by atoms with Crippen LogP contribution in [-0.2, 0) is 11.3 Å². The predicted molar refractivity (Wildman–Crippen MR) is 75.3 cm³/mol. The fourth-order valence-corrected chi connectivity index (χ4v) is 3.40. The number of rotatable bonds is 5. The summed E-state index contributed by atoms with van der Waals surface area (Å²) < 4.78 is 8.11. The molecule has 102 valence electrons. The van der Waals surface area contributed by atoms with Gasteiger partial charge in [-0.1, -0.05) is 19.8 Å². The van der Waals surface area contributed by atoms with E-state index >= 15 is 0 Å². The van der Waals surface area contributed by atoms with E-state index in [9.17, 15) is 0 Å². The van der Waals surface area contributed by atoms with E-state index in [4.69, 9.17) is 10.5 Å². The van der Waals surface area contributed by atoms with E-state index in [2.05, 4.69) is 28.0 Å². The molecule has 1 atom stereocenters. The van der Waals surface area contributed by atoms with Crippen LogP contribution in [0.1, 0.15) is 44.3 Å². The minimum atomic E-state index is 0.0359. The Labute approximate surface area is 117 Å². The molecule has 1 aliphatic carbocycles. The summed E-state index contributed by atoms with van der Waals surface area (Å²) in [6.07, 6.45) is 6.82. The van der Waals surface area contributed by atoms with Crippen molar-refractivity contribution in [2.75, 3.05) is 13.7 Å². The second-order valence-electron chi connectivity index (χ2n) is 5.43. The van der Waals surface area contributed by atoms with Gasteiger partial charge in [0.25, 0.3) is 0 Å². The molecule has 0 saturated heterocycles. The van der Waals surface area contributed by atoms with Crippen LogP contribution in [0.3, 0.4) is 0 Å². The molecule has 0 aromatic carbocycles. The Morgan fingerprint density at radius 2 is 2.22 bits per heavy atom. The van der Waals surface area contributed by atoms with E-state index < -0.39 is 0 Å². The zero-order valence-electron chi connectivity index (χ0n) is 11.2. The highest BCUT2D eigenvalue weighted by Gasteiger charge is 2.38. The second kappa shape index (κ2) is 5.72. The molecule has 0 spiro atoms. The van der Waals surface area contributed by atoms with Crippen molar-refractivity contribution in [1.82, 2.24) is 9.78 Å². The average molecular weight is 316 g/mol. The van der Waals surface area contributed by atoms with Crippen molar-refractivity contribution in [2.45, 2.75) is 45.2 Å². The van der Waals surface area contributed by atoms with Crippen LogP contribution in [0.2, 0.25) is 0 Å². The molecule has 1 aromatic rings. The highest BCUT2D eigenvalue weighted by Crippen LogP contribution is 2.47. The molecule has 0 amide bonds. The molecular formula is C13H22BrN3O. The van der Waals surface area contributed by atoms with Gasteiger partial charge >= 0.3 is 0 Å². The van der Waals surface area contributed by atoms with Crippen LogP contribution in [-0.4, -0.2) is 23.5 Å². The Balaban J connectivity index is 2.23. The lowest BCUT2D eigenvalue weighted by Crippen LogP contribution is -2.32. The van der Waals surface area contributed by atoms with Crippen molar-refractivity contribution in [1.29, 1.82) is 0 Å². The molecule has 18 heavy (non-hydrogen) atoms. The van der Waals surface area contributed by atoms with Gasteiger partial charge in [-0.25, -0.2) is 0 Å². The molecule has 0 radical (unpaired) electrons. The minimum Gasteiger partial charge on any atom is -0.383 e. The second-order valence-corrected chi connectivity index (χ2v) is 6.29. The molecular weight excluding hydrogens is 294 g/mol. The summed E-state index contributed by atoms with van der Waals surface area (Å²) >= 11 is 3.58. The van der Waals surface area contributed by atoms with Gasteiger partial charge in [0, 0.05) is 7.11 Å². The van der Waals surface area contributed by atoms with Gasteiger partial charge in [0.2, 0.25) is 0 Å². The maximum Gasteiger partial charge on any atom is 0.0700 e. The van der Waals surface area contributed by atoms with E-state index in [-0.39, 0.29) is 11.5 Å². The first-order chi connectivity index (χ1) is 8.58. The van der Waals surface area contributed by atoms with Crippen molar-refractivity contribution < 1.29 is 4.74 Å². The number of hydrogen-bond donors (Lipinski definition) is 1. The number of halogens is 1. The number of ether oxygens (including phenoxy) is 1. The van der Waals surface area contributed by atoms with Crippen LogP contribution in [0.15, 0.2) is 10.7 Å². The van der Waals surface area contributed by atoms with Gasteiger partial charge in [-0.05, 0) is 34.2 Å². The third kappa shape index (κ3) is 2.63. The topological polar surface area (TPSA) is 53.1 Å². The molecule has 2 rings (SSSR count). The molecule has 1 saturated carbocycles. The lowest BCUT2D eigenvalue weighted by Gasteiger charge is -2.31. The number of methoxy groups -OCH3 is 1. The monoisotopic (exact) mass is 315 g/mol. The minimum absolute atomic E-state index is 0.0359. The smallest absolute Gasteiger partial charge is 0.0700 e. The summed E-state index contributed by atoms with van der Waals surface area (Å²) in [6.45, 7) is 3.70. The summed E-state index contributed by atoms with van der Waals surface area (Å²) in [7, 11) is 1.70. The molecule has 0 bridgehead atoms. The SMILES string of the molecule is COCCn1ncc(Br)c1C(N)C1(C)CCCC1. The van der Waals surface area contributed by atoms with Crippen LogP contribution in [0.25, 0.3) is 0 Å². The van der Waals surface area contributed by atoms with E-state index in [1.165, 1.54) is 25.7 Å². The Morgan fingerprint density at radius 3 is 2.83 bits per heavy atom. The summed E-state index contributed by atoms with van der Waals surface area (Å²) in [5.41, 5.74) is 7.83. The zero-order valence-corrected chi connectivity index (χ0v) is 12.7. The van der Waals surface area contributed by atoms with E-state index in [1.807, 2.05) is 10.9 Å². The molecule has 0 aliphatic heterocycles. The van der Waals surface area contributed by atoms with Crippen molar-refractivity contribution in [3.05, 3.63) is 16.4 Å². The molecule has 1 unspecified atom stereocenters. The average Bonchev–Trinajstić information content (AvgIpc) is 2.93. The van der Waals surface area contributed by atoms with Crippen molar-refractivity contribution in [3.63, 3.8) is 0 Å². The van der Waals surface area contributed by atoms with Crippen molar-refractivity contribution in [3.8, 4) is 0 Å². The van der Waals surface area contributed by atoms with Crippen molar-refractivity contribution >= 4 is 15.9 Å². The third-order valence-electron chi connectivity index (χ3n) is 4.13. The number of hydrogen-bond acceptors (Lipinski definition) is 3. The van der Waals surface area contributed by atoms with Crippen LogP contribution in [0.5, 0.6) is 0 Å². The molecule has 4 nitrogen and oxygen atoms in total. The lowest BCUT2D eigenvalue weighted by molar-refractivity contribution is 0.178. The Bertz CT molecular complexity index is 399. The molecule has 1 heterocycles. The lowest BCUT2D eigenvalue weighted by atomic mass is 9.79. The largest absolute Gasteiger partial charge is 0.383 e. The summed E-state index contributed by atoms with van der Waals surface area (Å²) in [5.74, 6) is 0. The fourth-order valence-electron chi connectivity index (χ4n) is 2.86. The van der Waals surface area contributed by atoms with Gasteiger partial charge < -0.3 is 10.5 Å². The van der Waals surface area contributed by atoms with Gasteiger partial charge in [-0.3, -0.25) is 4.68 Å². The van der Waals surface area contributed by atoms with E-state index in [0.717, 1.165) is 16.7 Å². The van der Waals surface area contributed by atoms with Crippen molar-refractivity contribution in [2.24, 2.45) is 11.1 Å². The summed E-state index contributed by atoms with van der Waals surface area (Å²) in [6, 6.07) is 0.0359. The highest BCUT2D eigenvalue weighted by molar-refractivity contribution is 9.10. The maximum absolute atomic E-state index is 6.52. The van der Waals surface area contributed by atoms with E-state index in [0.29, 0.717) is 6.61 Å². The Hall–Kier alpha value is -0.390. The molecule has 2 N–H and O–H groups in total. The predicted octanol–water partition coefficient (Wildman–Crippen LogP) is 2.87. The molecule has 1 aliphatic rings. The van der Waals surface area contributed by atoms with Crippen LogP contribution < -0.4 is 5.73 Å². The van der Waals surface area contributed by atoms with Gasteiger partial charge in [0.1, 0.15) is 0 Å². The first kappa shape index (κ1) is 14.0. The maximum atomic E-state index is 6.52. The normalized spacial score (nSPS) is 20.2. The molecule has 1 aromatic heterocycles. The van der Waals surface area contributed by atoms with Gasteiger partial charge in [-0.2, -0.15) is 5.10 Å². The number of nitrogens with two attached hydrogens (primary N) is 1. The van der Waals surface area contributed by atoms with E-state index in [1.54, 1.807) is 7.11 Å². The quantitative estimate of drug-likeness (QED) is 0.909. The van der Waals surface area contributed by atoms with Crippen LogP contribution in [0.4, 0.5) is 0 Å². The van der Waals surface area contributed by atoms with Crippen LogP contribution in [0, 0.1) is 5.41 Å². The molecule has 5 heteroatoms. The third-order valence-corrected chi connectivity index (χ3v) is 4.74. The Morgan fingerprint density at radius 1 is 1.56 bits per heavy atom. The summed E-state index contributed by atoms with van der Waals surface area (Å²) in [5, 5.41) is 4.39. The van der Waals surface area contributed by atoms with Gasteiger partial charge in [0.15, 0.2) is 0 Å². The molecule has 1 fully saturated rings. The van der Waals surface area contributed by atoms with Gasteiger partial charge in [-0.15, -0.1) is 0 Å². The number of nitrogens with zero attached hydrogens (tertiary/aromatic N) is 2. The fraction of sp³-hybridized carbons (Fsp3) is 0.769. The Kier molecular flexibility index (Phi) is 4.45. The standard InChI is InChI=1S/C13H22BrN3O/c1-13(5-3-4-6-13)12(15)11-10(14)9-16-17(11)7-8-18-2/h9,12H,3-8,15H2,1-2H3. The van der Waals surface area contributed by atoms with Crippen LogP contribution >= 0.6 is 15.9 Å². The first-order valence-electron chi connectivity index (χ1n) is 6.54. The highest BCUT2D eigenvalue weighted by atomic mass is 79.9. The first-order valence-corrected chi connectivity index (χ1v) is 7.33.